The Morgan fingerprint density at radius 1 is 1.00 bits per heavy atom. The van der Waals surface area contributed by atoms with Crippen LogP contribution in [0.4, 0.5) is 13.6 Å². The van der Waals surface area contributed by atoms with E-state index in [1.165, 1.54) is 40.8 Å². The largest absolute Gasteiger partial charge is 0.493 e. The third kappa shape index (κ3) is 4.08. The molecule has 33 heavy (non-hydrogen) atoms. The van der Waals surface area contributed by atoms with Gasteiger partial charge in [0.25, 0.3) is 5.91 Å². The molecule has 2 aromatic rings. The monoisotopic (exact) mass is 455 g/mol. The van der Waals surface area contributed by atoms with E-state index in [0.717, 1.165) is 32.5 Å². The SMILES string of the molecule is O=C1NC2(CCOc3cc(F)ccc32)C(=O)N1CCCN1CCC(c2ccc(F)cc2)CC1. The lowest BCUT2D eigenvalue weighted by Gasteiger charge is -2.33. The Bertz CT molecular complexity index is 1050. The molecule has 2 aromatic carbocycles. The zero-order valence-corrected chi connectivity index (χ0v) is 18.4. The molecule has 1 unspecified atom stereocenters. The predicted molar refractivity (Wildman–Crippen MR) is 118 cm³/mol. The number of nitrogens with zero attached hydrogens (tertiary/aromatic N) is 2. The second-order valence-electron chi connectivity index (χ2n) is 9.05. The molecule has 2 fully saturated rings. The molecule has 0 aromatic heterocycles. The standard InChI is InChI=1S/C25H27F2N3O3/c26-19-4-2-17(3-5-19)18-8-13-29(14-9-18)11-1-12-30-23(31)25(28-24(30)32)10-15-33-22-16-20(27)6-7-21(22)25/h2-7,16,18H,1,8-15H2,(H,28,32). The van der Waals surface area contributed by atoms with E-state index in [0.29, 0.717) is 36.6 Å². The Hall–Kier alpha value is -3.00. The van der Waals surface area contributed by atoms with Gasteiger partial charge in [0.1, 0.15) is 17.4 Å². The first-order valence-corrected chi connectivity index (χ1v) is 11.5. The van der Waals surface area contributed by atoms with Crippen LogP contribution < -0.4 is 10.1 Å². The van der Waals surface area contributed by atoms with Gasteiger partial charge < -0.3 is 15.0 Å². The van der Waals surface area contributed by atoms with Crippen molar-refractivity contribution in [2.75, 3.05) is 32.8 Å². The van der Waals surface area contributed by atoms with E-state index >= 15 is 0 Å². The number of nitrogens with one attached hydrogen (secondary N) is 1. The molecule has 0 aliphatic carbocycles. The Morgan fingerprint density at radius 2 is 1.73 bits per heavy atom. The summed E-state index contributed by atoms with van der Waals surface area (Å²) in [6.07, 6.45) is 3.02. The first-order valence-electron chi connectivity index (χ1n) is 11.5. The molecule has 0 radical (unpaired) electrons. The number of carbonyl (C=O) groups excluding carboxylic acids is 2. The molecule has 0 bridgehead atoms. The highest BCUT2D eigenvalue weighted by Crippen LogP contribution is 2.41. The molecule has 2 saturated heterocycles. The fraction of sp³-hybridized carbons (Fsp3) is 0.440. The maximum atomic E-state index is 13.6. The summed E-state index contributed by atoms with van der Waals surface area (Å²) in [5.41, 5.74) is 0.516. The Labute approximate surface area is 191 Å². The number of halogens is 2. The molecule has 6 nitrogen and oxygen atoms in total. The molecular weight excluding hydrogens is 428 g/mol. The topological polar surface area (TPSA) is 61.9 Å². The van der Waals surface area contributed by atoms with Crippen LogP contribution in [0.3, 0.4) is 0 Å². The lowest BCUT2D eigenvalue weighted by Crippen LogP contribution is -2.47. The van der Waals surface area contributed by atoms with Crippen LogP contribution in [0.5, 0.6) is 5.75 Å². The number of likely N-dealkylation sites (tertiary alicyclic amines) is 1. The number of benzene rings is 2. The van der Waals surface area contributed by atoms with Crippen molar-refractivity contribution in [1.82, 2.24) is 15.1 Å². The van der Waals surface area contributed by atoms with Gasteiger partial charge in [-0.25, -0.2) is 13.6 Å². The number of ether oxygens (including phenoxy) is 1. The van der Waals surface area contributed by atoms with Crippen molar-refractivity contribution in [2.24, 2.45) is 0 Å². The number of urea groups is 1. The fourth-order valence-corrected chi connectivity index (χ4v) is 5.28. The quantitative estimate of drug-likeness (QED) is 0.698. The zero-order valence-electron chi connectivity index (χ0n) is 18.4. The number of carbonyl (C=O) groups is 2. The Kier molecular flexibility index (Phi) is 5.78. The Balaban J connectivity index is 1.16. The van der Waals surface area contributed by atoms with Gasteiger partial charge in [0, 0.05) is 24.6 Å². The molecular formula is C25H27F2N3O3. The van der Waals surface area contributed by atoms with Crippen molar-refractivity contribution < 1.29 is 23.1 Å². The van der Waals surface area contributed by atoms with E-state index in [2.05, 4.69) is 10.2 Å². The number of hydrogen-bond donors (Lipinski definition) is 1. The number of piperidine rings is 1. The van der Waals surface area contributed by atoms with E-state index in [4.69, 9.17) is 4.74 Å². The average Bonchev–Trinajstić information content (AvgIpc) is 3.04. The van der Waals surface area contributed by atoms with Gasteiger partial charge in [0.15, 0.2) is 5.54 Å². The average molecular weight is 456 g/mol. The third-order valence-corrected chi connectivity index (χ3v) is 7.10. The highest BCUT2D eigenvalue weighted by Gasteiger charge is 2.54. The van der Waals surface area contributed by atoms with Gasteiger partial charge >= 0.3 is 6.03 Å². The lowest BCUT2D eigenvalue weighted by atomic mass is 9.84. The number of amides is 3. The van der Waals surface area contributed by atoms with Gasteiger partial charge in [-0.3, -0.25) is 9.69 Å². The van der Waals surface area contributed by atoms with Crippen molar-refractivity contribution in [2.45, 2.75) is 37.1 Å². The maximum absolute atomic E-state index is 13.6. The molecule has 0 saturated carbocycles. The van der Waals surface area contributed by atoms with E-state index in [-0.39, 0.29) is 18.3 Å². The van der Waals surface area contributed by atoms with Gasteiger partial charge in [-0.15, -0.1) is 0 Å². The summed E-state index contributed by atoms with van der Waals surface area (Å²) in [6.45, 7) is 3.23. The highest BCUT2D eigenvalue weighted by molar-refractivity contribution is 6.07. The van der Waals surface area contributed by atoms with Gasteiger partial charge in [0.05, 0.1) is 6.61 Å². The smallest absolute Gasteiger partial charge is 0.325 e. The number of fused-ring (bicyclic) bond motifs is 2. The van der Waals surface area contributed by atoms with Crippen LogP contribution >= 0.6 is 0 Å². The number of rotatable bonds is 5. The molecule has 3 aliphatic heterocycles. The van der Waals surface area contributed by atoms with Crippen molar-refractivity contribution in [3.8, 4) is 5.75 Å². The maximum Gasteiger partial charge on any atom is 0.325 e. The van der Waals surface area contributed by atoms with Crippen molar-refractivity contribution in [1.29, 1.82) is 0 Å². The van der Waals surface area contributed by atoms with E-state index < -0.39 is 17.4 Å². The molecule has 1 N–H and O–H groups in total. The highest BCUT2D eigenvalue weighted by atomic mass is 19.1. The molecule has 8 heteroatoms. The van der Waals surface area contributed by atoms with Crippen molar-refractivity contribution in [3.05, 3.63) is 65.2 Å². The van der Waals surface area contributed by atoms with Crippen LogP contribution in [0.1, 0.15) is 42.7 Å². The fourth-order valence-electron chi connectivity index (χ4n) is 5.28. The van der Waals surface area contributed by atoms with Crippen LogP contribution in [0, 0.1) is 11.6 Å². The van der Waals surface area contributed by atoms with Crippen LogP contribution in [-0.4, -0.2) is 54.5 Å². The lowest BCUT2D eigenvalue weighted by molar-refractivity contribution is -0.132. The second-order valence-corrected chi connectivity index (χ2v) is 9.05. The molecule has 1 spiro atoms. The van der Waals surface area contributed by atoms with E-state index in [1.54, 1.807) is 0 Å². The normalized spacial score (nSPS) is 23.5. The minimum Gasteiger partial charge on any atom is -0.493 e. The van der Waals surface area contributed by atoms with Crippen LogP contribution in [0.2, 0.25) is 0 Å². The van der Waals surface area contributed by atoms with Gasteiger partial charge in [-0.1, -0.05) is 12.1 Å². The first-order chi connectivity index (χ1) is 16.0. The summed E-state index contributed by atoms with van der Waals surface area (Å²) in [6, 6.07) is 10.4. The van der Waals surface area contributed by atoms with Crippen LogP contribution in [0.25, 0.3) is 0 Å². The predicted octanol–water partition coefficient (Wildman–Crippen LogP) is 3.76. The minimum atomic E-state index is -1.17. The summed E-state index contributed by atoms with van der Waals surface area (Å²) in [7, 11) is 0. The summed E-state index contributed by atoms with van der Waals surface area (Å²) in [5.74, 6) is -0.206. The number of imide groups is 1. The van der Waals surface area contributed by atoms with Gasteiger partial charge in [-0.05, 0) is 74.6 Å². The summed E-state index contributed by atoms with van der Waals surface area (Å²) in [5, 5.41) is 2.86. The molecule has 3 aliphatic rings. The summed E-state index contributed by atoms with van der Waals surface area (Å²) >= 11 is 0. The molecule has 1 atom stereocenters. The summed E-state index contributed by atoms with van der Waals surface area (Å²) < 4.78 is 32.3. The van der Waals surface area contributed by atoms with E-state index in [1.807, 2.05) is 12.1 Å². The Morgan fingerprint density at radius 3 is 2.48 bits per heavy atom. The summed E-state index contributed by atoms with van der Waals surface area (Å²) in [4.78, 5) is 29.6. The zero-order chi connectivity index (χ0) is 23.0. The molecule has 174 valence electrons. The minimum absolute atomic E-state index is 0.213. The van der Waals surface area contributed by atoms with Crippen molar-refractivity contribution in [3.63, 3.8) is 0 Å². The van der Waals surface area contributed by atoms with Crippen LogP contribution in [0.15, 0.2) is 42.5 Å². The third-order valence-electron chi connectivity index (χ3n) is 7.10. The van der Waals surface area contributed by atoms with E-state index in [9.17, 15) is 18.4 Å². The molecule has 3 amide bonds. The number of hydrogen-bond acceptors (Lipinski definition) is 4. The second kappa shape index (κ2) is 8.74. The first kappa shape index (κ1) is 21.8. The molecule has 5 rings (SSSR count). The molecule has 3 heterocycles. The van der Waals surface area contributed by atoms with Crippen molar-refractivity contribution >= 4 is 11.9 Å². The van der Waals surface area contributed by atoms with Gasteiger partial charge in [0.2, 0.25) is 0 Å². The van der Waals surface area contributed by atoms with Gasteiger partial charge in [-0.2, -0.15) is 0 Å². The van der Waals surface area contributed by atoms with Crippen LogP contribution in [-0.2, 0) is 10.3 Å².